The second kappa shape index (κ2) is 6.20. The van der Waals surface area contributed by atoms with E-state index in [0.29, 0.717) is 24.5 Å². The van der Waals surface area contributed by atoms with E-state index in [2.05, 4.69) is 20.1 Å². The lowest BCUT2D eigenvalue weighted by Gasteiger charge is -2.38. The molecule has 0 unspecified atom stereocenters. The Kier molecular flexibility index (Phi) is 4.28. The van der Waals surface area contributed by atoms with Crippen LogP contribution in [0.2, 0.25) is 0 Å². The molecule has 7 heteroatoms. The molecule has 2 fully saturated rings. The lowest BCUT2D eigenvalue weighted by atomic mass is 10.0. The second-order valence-corrected chi connectivity index (χ2v) is 6.15. The zero-order valence-corrected chi connectivity index (χ0v) is 12.7. The zero-order valence-electron chi connectivity index (χ0n) is 12.7. The van der Waals surface area contributed by atoms with E-state index < -0.39 is 11.5 Å². The van der Waals surface area contributed by atoms with Crippen LogP contribution in [0.4, 0.5) is 5.82 Å². The Morgan fingerprint density at radius 3 is 2.82 bits per heavy atom. The molecular formula is C15H23N5O2. The maximum absolute atomic E-state index is 11.5. The van der Waals surface area contributed by atoms with Crippen LogP contribution in [0.15, 0.2) is 18.3 Å². The van der Waals surface area contributed by atoms with Crippen LogP contribution in [0.1, 0.15) is 16.8 Å². The highest BCUT2D eigenvalue weighted by Crippen LogP contribution is 2.21. The number of carbonyl (C=O) groups excluding carboxylic acids is 1. The van der Waals surface area contributed by atoms with Gasteiger partial charge in [0.05, 0.1) is 11.2 Å². The predicted molar refractivity (Wildman–Crippen MR) is 83.8 cm³/mol. The first kappa shape index (κ1) is 15.2. The van der Waals surface area contributed by atoms with Crippen LogP contribution >= 0.6 is 0 Å². The van der Waals surface area contributed by atoms with Crippen molar-refractivity contribution < 1.29 is 9.90 Å². The first-order chi connectivity index (χ1) is 10.6. The molecule has 0 spiro atoms. The molecule has 0 radical (unpaired) electrons. The number of aromatic nitrogens is 1. The van der Waals surface area contributed by atoms with Crippen molar-refractivity contribution in [3.8, 4) is 0 Å². The molecule has 7 nitrogen and oxygen atoms in total. The number of nitrogens with two attached hydrogens (primary N) is 1. The normalized spacial score (nSPS) is 26.3. The lowest BCUT2D eigenvalue weighted by Crippen LogP contribution is -2.53. The summed E-state index contributed by atoms with van der Waals surface area (Å²) in [6.07, 6.45) is 2.49. The number of primary amides is 1. The van der Waals surface area contributed by atoms with Crippen LogP contribution in [-0.2, 0) is 0 Å². The summed E-state index contributed by atoms with van der Waals surface area (Å²) in [5, 5.41) is 13.7. The molecule has 1 amide bonds. The summed E-state index contributed by atoms with van der Waals surface area (Å²) >= 11 is 0. The minimum absolute atomic E-state index is 0.447. The Balaban J connectivity index is 1.61. The number of hydrogen-bond donors (Lipinski definition) is 3. The molecule has 120 valence electrons. The summed E-state index contributed by atoms with van der Waals surface area (Å²) < 4.78 is 0. The molecule has 4 N–H and O–H groups in total. The quantitative estimate of drug-likeness (QED) is 0.662. The predicted octanol–water partition coefficient (Wildman–Crippen LogP) is -0.973. The summed E-state index contributed by atoms with van der Waals surface area (Å²) in [6.45, 7) is 5.49. The van der Waals surface area contributed by atoms with Gasteiger partial charge in [-0.1, -0.05) is 0 Å². The fourth-order valence-electron chi connectivity index (χ4n) is 3.24. The van der Waals surface area contributed by atoms with Crippen LogP contribution in [0.3, 0.4) is 0 Å². The third-order valence-electron chi connectivity index (χ3n) is 4.46. The Morgan fingerprint density at radius 1 is 1.41 bits per heavy atom. The number of β-amino-alcohol motifs (C(OH)–C–C–N with tert-alkyl or cyclic N) is 1. The van der Waals surface area contributed by atoms with Gasteiger partial charge in [-0.15, -0.1) is 0 Å². The molecule has 1 aromatic rings. The highest BCUT2D eigenvalue weighted by atomic mass is 16.3. The van der Waals surface area contributed by atoms with Crippen molar-refractivity contribution >= 4 is 11.7 Å². The number of nitrogens with one attached hydrogen (secondary N) is 1. The van der Waals surface area contributed by atoms with E-state index in [9.17, 15) is 9.90 Å². The van der Waals surface area contributed by atoms with Crippen LogP contribution < -0.4 is 16.0 Å². The van der Waals surface area contributed by atoms with Crippen molar-refractivity contribution in [2.45, 2.75) is 12.0 Å². The summed E-state index contributed by atoms with van der Waals surface area (Å²) in [5.41, 5.74) is 5.28. The number of pyridine rings is 1. The average molecular weight is 305 g/mol. The Labute approximate surface area is 130 Å². The Bertz CT molecular complexity index is 536. The highest BCUT2D eigenvalue weighted by Gasteiger charge is 2.34. The van der Waals surface area contributed by atoms with Crippen LogP contribution in [0, 0.1) is 0 Å². The van der Waals surface area contributed by atoms with Crippen molar-refractivity contribution in [1.82, 2.24) is 15.2 Å². The van der Waals surface area contributed by atoms with Gasteiger partial charge in [-0.05, 0) is 25.1 Å². The smallest absolute Gasteiger partial charge is 0.252 e. The molecule has 0 bridgehead atoms. The van der Waals surface area contributed by atoms with Crippen LogP contribution in [0.5, 0.6) is 0 Å². The summed E-state index contributed by atoms with van der Waals surface area (Å²) in [5.74, 6) is 0.216. The fraction of sp³-hybridized carbons (Fsp3) is 0.600. The maximum Gasteiger partial charge on any atom is 0.252 e. The van der Waals surface area contributed by atoms with Gasteiger partial charge in [0.15, 0.2) is 0 Å². The van der Waals surface area contributed by atoms with Gasteiger partial charge in [-0.2, -0.15) is 0 Å². The number of piperazine rings is 1. The number of hydrogen-bond acceptors (Lipinski definition) is 6. The van der Waals surface area contributed by atoms with E-state index in [1.807, 2.05) is 0 Å². The standard InChI is InChI=1S/C15H23N5O2/c16-13(21)12-2-1-4-18-14(12)20-8-6-19(7-9-20)11-15(22)3-5-17-10-15/h1-2,4,17,22H,3,5-11H2,(H2,16,21)/t15-/m0/s1. The molecule has 0 aromatic carbocycles. The molecule has 0 aliphatic carbocycles. The molecule has 2 aliphatic heterocycles. The third-order valence-corrected chi connectivity index (χ3v) is 4.46. The van der Waals surface area contributed by atoms with Gasteiger partial charge in [-0.25, -0.2) is 4.98 Å². The van der Waals surface area contributed by atoms with E-state index in [4.69, 9.17) is 5.73 Å². The molecule has 2 saturated heterocycles. The number of nitrogens with zero attached hydrogens (tertiary/aromatic N) is 3. The van der Waals surface area contributed by atoms with E-state index in [-0.39, 0.29) is 0 Å². The molecule has 0 saturated carbocycles. The number of anilines is 1. The molecular weight excluding hydrogens is 282 g/mol. The molecule has 1 aromatic heterocycles. The molecule has 2 aliphatic rings. The monoisotopic (exact) mass is 305 g/mol. The highest BCUT2D eigenvalue weighted by molar-refractivity contribution is 5.97. The fourth-order valence-corrected chi connectivity index (χ4v) is 3.24. The summed E-state index contributed by atoms with van der Waals surface area (Å²) in [4.78, 5) is 20.2. The van der Waals surface area contributed by atoms with Gasteiger partial charge in [0.1, 0.15) is 5.82 Å². The lowest BCUT2D eigenvalue weighted by molar-refractivity contribution is 0.0193. The van der Waals surface area contributed by atoms with Gasteiger partial charge in [0.25, 0.3) is 5.91 Å². The number of carbonyl (C=O) groups is 1. The van der Waals surface area contributed by atoms with Crippen LogP contribution in [-0.4, -0.2) is 72.3 Å². The maximum atomic E-state index is 11.5. The number of aliphatic hydroxyl groups is 1. The molecule has 22 heavy (non-hydrogen) atoms. The summed E-state index contributed by atoms with van der Waals surface area (Å²) in [6, 6.07) is 3.44. The van der Waals surface area contributed by atoms with Crippen molar-refractivity contribution in [2.24, 2.45) is 5.73 Å². The van der Waals surface area contributed by atoms with E-state index in [0.717, 1.165) is 39.1 Å². The van der Waals surface area contributed by atoms with Gasteiger partial charge >= 0.3 is 0 Å². The van der Waals surface area contributed by atoms with Gasteiger partial charge < -0.3 is 21.1 Å². The number of rotatable bonds is 4. The Morgan fingerprint density at radius 2 is 2.18 bits per heavy atom. The molecule has 3 heterocycles. The van der Waals surface area contributed by atoms with E-state index >= 15 is 0 Å². The largest absolute Gasteiger partial charge is 0.387 e. The number of amides is 1. The van der Waals surface area contributed by atoms with Crippen molar-refractivity contribution in [3.63, 3.8) is 0 Å². The minimum Gasteiger partial charge on any atom is -0.387 e. The Hall–Kier alpha value is -1.70. The zero-order chi connectivity index (χ0) is 15.6. The third kappa shape index (κ3) is 3.21. The SMILES string of the molecule is NC(=O)c1cccnc1N1CCN(C[C@]2(O)CCNC2)CC1. The first-order valence-corrected chi connectivity index (χ1v) is 7.73. The molecule has 1 atom stereocenters. The van der Waals surface area contributed by atoms with Crippen molar-refractivity contribution in [2.75, 3.05) is 50.7 Å². The molecule has 3 rings (SSSR count). The first-order valence-electron chi connectivity index (χ1n) is 7.73. The van der Waals surface area contributed by atoms with Crippen molar-refractivity contribution in [3.05, 3.63) is 23.9 Å². The average Bonchev–Trinajstić information content (AvgIpc) is 2.94. The van der Waals surface area contributed by atoms with Gasteiger partial charge in [-0.3, -0.25) is 9.69 Å². The van der Waals surface area contributed by atoms with Gasteiger partial charge in [0, 0.05) is 45.5 Å². The van der Waals surface area contributed by atoms with Crippen molar-refractivity contribution in [1.29, 1.82) is 0 Å². The topological polar surface area (TPSA) is 94.7 Å². The van der Waals surface area contributed by atoms with Gasteiger partial charge in [0.2, 0.25) is 0 Å². The minimum atomic E-state index is -0.606. The summed E-state index contributed by atoms with van der Waals surface area (Å²) in [7, 11) is 0. The van der Waals surface area contributed by atoms with E-state index in [1.165, 1.54) is 0 Å². The van der Waals surface area contributed by atoms with E-state index in [1.54, 1.807) is 18.3 Å². The van der Waals surface area contributed by atoms with Crippen LogP contribution in [0.25, 0.3) is 0 Å². The second-order valence-electron chi connectivity index (χ2n) is 6.15.